The summed E-state index contributed by atoms with van der Waals surface area (Å²) in [5.41, 5.74) is 8.15. The van der Waals surface area contributed by atoms with Crippen LogP contribution < -0.4 is 5.73 Å². The minimum absolute atomic E-state index is 0.156. The van der Waals surface area contributed by atoms with Gasteiger partial charge in [0.15, 0.2) is 0 Å². The zero-order valence-corrected chi connectivity index (χ0v) is 12.4. The molecule has 0 radical (unpaired) electrons. The maximum atomic E-state index is 11.3. The third-order valence-electron chi connectivity index (χ3n) is 5.68. The van der Waals surface area contributed by atoms with Gasteiger partial charge in [-0.25, -0.2) is 0 Å². The molecule has 0 amide bonds. The summed E-state index contributed by atoms with van der Waals surface area (Å²) >= 11 is 0. The van der Waals surface area contributed by atoms with E-state index in [1.807, 2.05) is 0 Å². The fourth-order valence-electron chi connectivity index (χ4n) is 4.13. The lowest BCUT2D eigenvalue weighted by Gasteiger charge is -2.49. The lowest BCUT2D eigenvalue weighted by molar-refractivity contribution is -0.114. The zero-order valence-electron chi connectivity index (χ0n) is 12.4. The number of likely N-dealkylation sites (tertiary alicyclic amines) is 1. The summed E-state index contributed by atoms with van der Waals surface area (Å²) < 4.78 is 0. The number of nitrogens with two attached hydrogens (primary N) is 1. The van der Waals surface area contributed by atoms with Gasteiger partial charge in [0.2, 0.25) is 0 Å². The van der Waals surface area contributed by atoms with E-state index in [1.165, 1.54) is 11.1 Å². The molecule has 1 aromatic carbocycles. The van der Waals surface area contributed by atoms with Crippen LogP contribution in [0.5, 0.6) is 0 Å². The second-order valence-corrected chi connectivity index (χ2v) is 6.57. The van der Waals surface area contributed by atoms with Crippen LogP contribution in [0.2, 0.25) is 0 Å². The highest BCUT2D eigenvalue weighted by Gasteiger charge is 2.53. The molecule has 1 aliphatic heterocycles. The molecule has 3 nitrogen and oxygen atoms in total. The molecule has 0 bridgehead atoms. The Morgan fingerprint density at radius 2 is 1.70 bits per heavy atom. The molecule has 2 aliphatic rings. The SMILES string of the molecule is CCN1CCC(O)(C2(CN)Cc3ccccc3C2)CC1. The maximum Gasteiger partial charge on any atom is 0.0746 e. The van der Waals surface area contributed by atoms with Gasteiger partial charge in [0.05, 0.1) is 5.60 Å². The molecule has 0 aromatic heterocycles. The molecule has 3 heteroatoms. The van der Waals surface area contributed by atoms with E-state index >= 15 is 0 Å². The van der Waals surface area contributed by atoms with Crippen LogP contribution in [0.15, 0.2) is 24.3 Å². The average molecular weight is 274 g/mol. The predicted molar refractivity (Wildman–Crippen MR) is 81.6 cm³/mol. The first kappa shape index (κ1) is 14.1. The Labute approximate surface area is 121 Å². The number of benzene rings is 1. The minimum Gasteiger partial charge on any atom is -0.389 e. The van der Waals surface area contributed by atoms with Gasteiger partial charge in [-0.1, -0.05) is 31.2 Å². The monoisotopic (exact) mass is 274 g/mol. The second kappa shape index (κ2) is 5.14. The molecule has 3 rings (SSSR count). The number of rotatable bonds is 3. The number of hydrogen-bond donors (Lipinski definition) is 2. The molecule has 1 heterocycles. The van der Waals surface area contributed by atoms with Crippen molar-refractivity contribution in [3.63, 3.8) is 0 Å². The van der Waals surface area contributed by atoms with Crippen LogP contribution in [-0.2, 0) is 12.8 Å². The van der Waals surface area contributed by atoms with Crippen LogP contribution in [-0.4, -0.2) is 41.8 Å². The second-order valence-electron chi connectivity index (χ2n) is 6.57. The largest absolute Gasteiger partial charge is 0.389 e. The molecule has 0 saturated carbocycles. The summed E-state index contributed by atoms with van der Waals surface area (Å²) in [6.07, 6.45) is 3.57. The van der Waals surface area contributed by atoms with Crippen molar-refractivity contribution < 1.29 is 5.11 Å². The number of nitrogens with zero attached hydrogens (tertiary/aromatic N) is 1. The van der Waals surface area contributed by atoms with Crippen LogP contribution in [0.1, 0.15) is 30.9 Å². The standard InChI is InChI=1S/C17H26N2O/c1-2-19-9-7-17(20,8-10-19)16(13-18)11-14-5-3-4-6-15(14)12-16/h3-6,20H,2,7-13,18H2,1H3. The van der Waals surface area contributed by atoms with Gasteiger partial charge >= 0.3 is 0 Å². The molecule has 3 N–H and O–H groups in total. The number of aliphatic hydroxyl groups is 1. The minimum atomic E-state index is -0.605. The van der Waals surface area contributed by atoms with Crippen molar-refractivity contribution in [3.05, 3.63) is 35.4 Å². The van der Waals surface area contributed by atoms with Crippen molar-refractivity contribution in [3.8, 4) is 0 Å². The Balaban J connectivity index is 1.85. The molecule has 20 heavy (non-hydrogen) atoms. The Kier molecular flexibility index (Phi) is 3.61. The van der Waals surface area contributed by atoms with Crippen LogP contribution in [0.25, 0.3) is 0 Å². The van der Waals surface area contributed by atoms with Crippen molar-refractivity contribution in [1.29, 1.82) is 0 Å². The van der Waals surface area contributed by atoms with Gasteiger partial charge in [0.25, 0.3) is 0 Å². The van der Waals surface area contributed by atoms with E-state index in [0.29, 0.717) is 6.54 Å². The van der Waals surface area contributed by atoms with E-state index < -0.39 is 5.60 Å². The first-order valence-electron chi connectivity index (χ1n) is 7.84. The molecular formula is C17H26N2O. The molecule has 0 atom stereocenters. The lowest BCUT2D eigenvalue weighted by Crippen LogP contribution is -2.58. The van der Waals surface area contributed by atoms with E-state index in [2.05, 4.69) is 36.1 Å². The normalized spacial score (nSPS) is 24.6. The van der Waals surface area contributed by atoms with Gasteiger partial charge in [-0.15, -0.1) is 0 Å². The van der Waals surface area contributed by atoms with Crippen molar-refractivity contribution in [1.82, 2.24) is 4.90 Å². The number of fused-ring (bicyclic) bond motifs is 1. The average Bonchev–Trinajstić information content (AvgIpc) is 2.88. The summed E-state index contributed by atoms with van der Waals surface area (Å²) in [5, 5.41) is 11.3. The molecule has 0 spiro atoms. The molecular weight excluding hydrogens is 248 g/mol. The highest BCUT2D eigenvalue weighted by molar-refractivity contribution is 5.36. The van der Waals surface area contributed by atoms with Crippen molar-refractivity contribution >= 4 is 0 Å². The Hall–Kier alpha value is -0.900. The Morgan fingerprint density at radius 1 is 1.15 bits per heavy atom. The summed E-state index contributed by atoms with van der Waals surface area (Å²) in [4.78, 5) is 2.42. The van der Waals surface area contributed by atoms with Crippen molar-refractivity contribution in [2.75, 3.05) is 26.2 Å². The first-order chi connectivity index (χ1) is 9.62. The zero-order chi connectivity index (χ0) is 14.2. The van der Waals surface area contributed by atoms with E-state index in [9.17, 15) is 5.11 Å². The third-order valence-corrected chi connectivity index (χ3v) is 5.68. The molecule has 1 aliphatic carbocycles. The molecule has 1 saturated heterocycles. The molecule has 0 unspecified atom stereocenters. The van der Waals surface area contributed by atoms with E-state index in [4.69, 9.17) is 5.73 Å². The smallest absolute Gasteiger partial charge is 0.0746 e. The van der Waals surface area contributed by atoms with E-state index in [1.54, 1.807) is 0 Å². The summed E-state index contributed by atoms with van der Waals surface area (Å²) in [6, 6.07) is 8.57. The summed E-state index contributed by atoms with van der Waals surface area (Å²) in [7, 11) is 0. The predicted octanol–water partition coefficient (Wildman–Crippen LogP) is 1.58. The summed E-state index contributed by atoms with van der Waals surface area (Å²) in [5.74, 6) is 0. The van der Waals surface area contributed by atoms with Gasteiger partial charge < -0.3 is 15.7 Å². The first-order valence-corrected chi connectivity index (χ1v) is 7.84. The van der Waals surface area contributed by atoms with Gasteiger partial charge in [-0.05, 0) is 43.4 Å². The van der Waals surface area contributed by atoms with Crippen LogP contribution in [0.3, 0.4) is 0 Å². The highest BCUT2D eigenvalue weighted by Crippen LogP contribution is 2.48. The Bertz CT molecular complexity index is 453. The topological polar surface area (TPSA) is 49.5 Å². The number of piperidine rings is 1. The maximum absolute atomic E-state index is 11.3. The van der Waals surface area contributed by atoms with Crippen LogP contribution in [0.4, 0.5) is 0 Å². The van der Waals surface area contributed by atoms with Crippen molar-refractivity contribution in [2.45, 2.75) is 38.2 Å². The third kappa shape index (κ3) is 2.09. The Morgan fingerprint density at radius 3 is 2.15 bits per heavy atom. The van der Waals surface area contributed by atoms with E-state index in [0.717, 1.165) is 45.3 Å². The fourth-order valence-corrected chi connectivity index (χ4v) is 4.13. The van der Waals surface area contributed by atoms with Gasteiger partial charge in [0.1, 0.15) is 0 Å². The fraction of sp³-hybridized carbons (Fsp3) is 0.647. The quantitative estimate of drug-likeness (QED) is 0.880. The van der Waals surface area contributed by atoms with Crippen molar-refractivity contribution in [2.24, 2.45) is 11.1 Å². The van der Waals surface area contributed by atoms with Crippen LogP contribution in [0, 0.1) is 5.41 Å². The highest BCUT2D eigenvalue weighted by atomic mass is 16.3. The van der Waals surface area contributed by atoms with E-state index in [-0.39, 0.29) is 5.41 Å². The molecule has 1 aromatic rings. The molecule has 110 valence electrons. The van der Waals surface area contributed by atoms with Gasteiger partial charge in [-0.2, -0.15) is 0 Å². The van der Waals surface area contributed by atoms with Gasteiger partial charge in [-0.3, -0.25) is 0 Å². The van der Waals surface area contributed by atoms with Crippen LogP contribution >= 0.6 is 0 Å². The lowest BCUT2D eigenvalue weighted by atomic mass is 9.65. The summed E-state index contributed by atoms with van der Waals surface area (Å²) in [6.45, 7) is 5.82. The van der Waals surface area contributed by atoms with Gasteiger partial charge in [0, 0.05) is 25.0 Å². The molecule has 1 fully saturated rings. The number of hydrogen-bond acceptors (Lipinski definition) is 3.